The number of hydrogen-bond acceptors (Lipinski definition) is 3. The number of carbonyl (C=O) groups excluding carboxylic acids is 1. The molecule has 0 aliphatic carbocycles. The lowest BCUT2D eigenvalue weighted by atomic mass is 10.2. The zero-order chi connectivity index (χ0) is 12.7. The van der Waals surface area contributed by atoms with Gasteiger partial charge in [0.05, 0.1) is 6.54 Å². The molecular weight excluding hydrogens is 232 g/mol. The van der Waals surface area contributed by atoms with Crippen molar-refractivity contribution < 1.29 is 4.79 Å². The average Bonchev–Trinajstić information content (AvgIpc) is 2.72. The van der Waals surface area contributed by atoms with Gasteiger partial charge < -0.3 is 10.6 Å². The Bertz CT molecular complexity index is 345. The third-order valence-electron chi connectivity index (χ3n) is 2.89. The molecule has 3 nitrogen and oxygen atoms in total. The number of thiophene rings is 1. The van der Waals surface area contributed by atoms with Gasteiger partial charge in [-0.3, -0.25) is 4.79 Å². The van der Waals surface area contributed by atoms with Crippen LogP contribution >= 0.6 is 11.3 Å². The second-order valence-corrected chi connectivity index (χ2v) is 5.21. The van der Waals surface area contributed by atoms with Crippen LogP contribution in [0, 0.1) is 6.92 Å². The molecule has 96 valence electrons. The van der Waals surface area contributed by atoms with Crippen molar-refractivity contribution in [3.63, 3.8) is 0 Å². The predicted octanol–water partition coefficient (Wildman–Crippen LogP) is 2.45. The van der Waals surface area contributed by atoms with E-state index in [1.807, 2.05) is 0 Å². The molecule has 0 saturated carbocycles. The van der Waals surface area contributed by atoms with Crippen LogP contribution < -0.4 is 10.6 Å². The normalized spacial score (nSPS) is 10.8. The SMILES string of the molecule is CCC(CC)NC(=O)CNCc1sccc1C. The molecule has 1 amide bonds. The van der Waals surface area contributed by atoms with Crippen LogP contribution in [0.4, 0.5) is 0 Å². The van der Waals surface area contributed by atoms with Gasteiger partial charge in [-0.1, -0.05) is 13.8 Å². The first-order valence-electron chi connectivity index (χ1n) is 6.20. The van der Waals surface area contributed by atoms with Crippen LogP contribution in [0.5, 0.6) is 0 Å². The summed E-state index contributed by atoms with van der Waals surface area (Å²) in [6.07, 6.45) is 1.98. The van der Waals surface area contributed by atoms with Crippen molar-refractivity contribution in [3.8, 4) is 0 Å². The molecule has 0 unspecified atom stereocenters. The molecule has 0 atom stereocenters. The molecule has 2 N–H and O–H groups in total. The monoisotopic (exact) mass is 254 g/mol. The minimum atomic E-state index is 0.0907. The van der Waals surface area contributed by atoms with Gasteiger partial charge in [-0.25, -0.2) is 0 Å². The highest BCUT2D eigenvalue weighted by atomic mass is 32.1. The van der Waals surface area contributed by atoms with Gasteiger partial charge in [0, 0.05) is 17.5 Å². The fourth-order valence-corrected chi connectivity index (χ4v) is 2.52. The van der Waals surface area contributed by atoms with Crippen molar-refractivity contribution in [2.24, 2.45) is 0 Å². The van der Waals surface area contributed by atoms with E-state index in [0.717, 1.165) is 19.4 Å². The lowest BCUT2D eigenvalue weighted by Crippen LogP contribution is -2.39. The Labute approximate surface area is 108 Å². The van der Waals surface area contributed by atoms with Crippen molar-refractivity contribution >= 4 is 17.2 Å². The van der Waals surface area contributed by atoms with E-state index in [9.17, 15) is 4.79 Å². The van der Waals surface area contributed by atoms with E-state index in [0.29, 0.717) is 12.6 Å². The number of nitrogens with one attached hydrogen (secondary N) is 2. The minimum Gasteiger partial charge on any atom is -0.352 e. The molecule has 0 fully saturated rings. The third kappa shape index (κ3) is 4.88. The molecule has 0 aliphatic rings. The summed E-state index contributed by atoms with van der Waals surface area (Å²) in [4.78, 5) is 12.9. The van der Waals surface area contributed by atoms with Gasteiger partial charge in [0.2, 0.25) is 5.91 Å². The van der Waals surface area contributed by atoms with Crippen LogP contribution in [0.25, 0.3) is 0 Å². The molecular formula is C13H22N2OS. The average molecular weight is 254 g/mol. The zero-order valence-electron chi connectivity index (χ0n) is 10.9. The fourth-order valence-electron chi connectivity index (χ4n) is 1.65. The largest absolute Gasteiger partial charge is 0.352 e. The summed E-state index contributed by atoms with van der Waals surface area (Å²) in [5, 5.41) is 8.27. The van der Waals surface area contributed by atoms with E-state index >= 15 is 0 Å². The van der Waals surface area contributed by atoms with Gasteiger partial charge >= 0.3 is 0 Å². The summed E-state index contributed by atoms with van der Waals surface area (Å²) in [7, 11) is 0. The zero-order valence-corrected chi connectivity index (χ0v) is 11.7. The fraction of sp³-hybridized carbons (Fsp3) is 0.615. The van der Waals surface area contributed by atoms with E-state index in [1.165, 1.54) is 10.4 Å². The smallest absolute Gasteiger partial charge is 0.234 e. The molecule has 4 heteroatoms. The topological polar surface area (TPSA) is 41.1 Å². The Kier molecular flexibility index (Phi) is 6.22. The maximum absolute atomic E-state index is 11.6. The van der Waals surface area contributed by atoms with Crippen LogP contribution in [0.3, 0.4) is 0 Å². The van der Waals surface area contributed by atoms with Gasteiger partial charge in [-0.2, -0.15) is 0 Å². The van der Waals surface area contributed by atoms with Gasteiger partial charge in [0.25, 0.3) is 0 Å². The Hall–Kier alpha value is -0.870. The summed E-state index contributed by atoms with van der Waals surface area (Å²) in [5.74, 6) is 0.0907. The van der Waals surface area contributed by atoms with Crippen LogP contribution in [0.1, 0.15) is 37.1 Å². The quantitative estimate of drug-likeness (QED) is 0.785. The van der Waals surface area contributed by atoms with Crippen molar-refractivity contribution in [2.75, 3.05) is 6.54 Å². The molecule has 0 spiro atoms. The van der Waals surface area contributed by atoms with Crippen LogP contribution in [-0.2, 0) is 11.3 Å². The summed E-state index contributed by atoms with van der Waals surface area (Å²) >= 11 is 1.73. The standard InChI is InChI=1S/C13H22N2OS/c1-4-11(5-2)15-13(16)9-14-8-12-10(3)6-7-17-12/h6-7,11,14H,4-5,8-9H2,1-3H3,(H,15,16). The molecule has 0 saturated heterocycles. The van der Waals surface area contributed by atoms with Crippen molar-refractivity contribution in [2.45, 2.75) is 46.2 Å². The number of rotatable bonds is 7. The van der Waals surface area contributed by atoms with Crippen molar-refractivity contribution in [3.05, 3.63) is 21.9 Å². The molecule has 0 aromatic carbocycles. The Morgan fingerprint density at radius 3 is 2.65 bits per heavy atom. The van der Waals surface area contributed by atoms with E-state index < -0.39 is 0 Å². The number of carbonyl (C=O) groups is 1. The highest BCUT2D eigenvalue weighted by Crippen LogP contribution is 2.14. The molecule has 17 heavy (non-hydrogen) atoms. The van der Waals surface area contributed by atoms with Gasteiger partial charge in [-0.05, 0) is 36.8 Å². The van der Waals surface area contributed by atoms with Gasteiger partial charge in [0.15, 0.2) is 0 Å². The molecule has 1 heterocycles. The van der Waals surface area contributed by atoms with Gasteiger partial charge in [-0.15, -0.1) is 11.3 Å². The van der Waals surface area contributed by atoms with Crippen LogP contribution in [0.15, 0.2) is 11.4 Å². The first kappa shape index (κ1) is 14.2. The summed E-state index contributed by atoms with van der Waals surface area (Å²) in [5.41, 5.74) is 1.29. The molecule has 1 aromatic rings. The summed E-state index contributed by atoms with van der Waals surface area (Å²) in [6.45, 7) is 7.46. The molecule has 0 radical (unpaired) electrons. The third-order valence-corrected chi connectivity index (χ3v) is 3.91. The van der Waals surface area contributed by atoms with Crippen molar-refractivity contribution in [1.82, 2.24) is 10.6 Å². The highest BCUT2D eigenvalue weighted by Gasteiger charge is 2.07. The van der Waals surface area contributed by atoms with Gasteiger partial charge in [0.1, 0.15) is 0 Å². The Morgan fingerprint density at radius 2 is 2.12 bits per heavy atom. The Morgan fingerprint density at radius 1 is 1.41 bits per heavy atom. The molecule has 0 aliphatic heterocycles. The van der Waals surface area contributed by atoms with Crippen LogP contribution in [-0.4, -0.2) is 18.5 Å². The minimum absolute atomic E-state index is 0.0907. The van der Waals surface area contributed by atoms with E-state index in [-0.39, 0.29) is 5.91 Å². The lowest BCUT2D eigenvalue weighted by Gasteiger charge is -2.14. The maximum atomic E-state index is 11.6. The first-order chi connectivity index (χ1) is 8.17. The highest BCUT2D eigenvalue weighted by molar-refractivity contribution is 7.10. The lowest BCUT2D eigenvalue weighted by molar-refractivity contribution is -0.121. The second-order valence-electron chi connectivity index (χ2n) is 4.21. The number of amides is 1. The first-order valence-corrected chi connectivity index (χ1v) is 7.08. The number of hydrogen-bond donors (Lipinski definition) is 2. The van der Waals surface area contributed by atoms with E-state index in [2.05, 4.69) is 42.9 Å². The van der Waals surface area contributed by atoms with Crippen LogP contribution in [0.2, 0.25) is 0 Å². The molecule has 1 rings (SSSR count). The summed E-state index contributed by atoms with van der Waals surface area (Å²) in [6, 6.07) is 2.42. The molecule has 1 aromatic heterocycles. The second kappa shape index (κ2) is 7.45. The summed E-state index contributed by atoms with van der Waals surface area (Å²) < 4.78 is 0. The number of aryl methyl sites for hydroxylation is 1. The maximum Gasteiger partial charge on any atom is 0.234 e. The molecule has 0 bridgehead atoms. The predicted molar refractivity (Wildman–Crippen MR) is 73.3 cm³/mol. The van der Waals surface area contributed by atoms with Crippen molar-refractivity contribution in [1.29, 1.82) is 0 Å². The van der Waals surface area contributed by atoms with E-state index in [4.69, 9.17) is 0 Å². The Balaban J connectivity index is 2.22. The van der Waals surface area contributed by atoms with E-state index in [1.54, 1.807) is 11.3 Å².